The molecule has 0 aliphatic carbocycles. The number of likely N-dealkylation sites (tertiary alicyclic amines) is 1. The quantitative estimate of drug-likeness (QED) is 0.428. The van der Waals surface area contributed by atoms with E-state index in [9.17, 15) is 14.7 Å². The van der Waals surface area contributed by atoms with E-state index in [4.69, 9.17) is 18.7 Å². The molecule has 1 rings (SSSR count). The lowest BCUT2D eigenvalue weighted by molar-refractivity contribution is -0.146. The van der Waals surface area contributed by atoms with Crippen molar-refractivity contribution >= 4 is 19.8 Å². The molecule has 0 aromatic carbocycles. The number of carboxylic acids is 2. The Hall–Kier alpha value is -1.08. The van der Waals surface area contributed by atoms with E-state index in [2.05, 4.69) is 0 Å². The first-order valence-electron chi connectivity index (χ1n) is 7.56. The Morgan fingerprint density at radius 2 is 2.00 bits per heavy atom. The lowest BCUT2D eigenvalue weighted by atomic mass is 9.87. The first kappa shape index (κ1) is 18.0. The van der Waals surface area contributed by atoms with Crippen LogP contribution >= 0.6 is 0 Å². The third kappa shape index (κ3) is 5.67. The van der Waals surface area contributed by atoms with Crippen LogP contribution < -0.4 is 5.73 Å². The molecule has 2 radical (unpaired) electrons. The highest BCUT2D eigenvalue weighted by Gasteiger charge is 2.34. The monoisotopic (exact) mass is 296 g/mol. The van der Waals surface area contributed by atoms with Crippen LogP contribution in [0.2, 0.25) is 6.32 Å². The fourth-order valence-corrected chi connectivity index (χ4v) is 2.74. The van der Waals surface area contributed by atoms with Crippen molar-refractivity contribution in [3.63, 3.8) is 0 Å². The van der Waals surface area contributed by atoms with E-state index >= 15 is 0 Å². The average molecular weight is 296 g/mol. The molecule has 0 bridgehead atoms. The van der Waals surface area contributed by atoms with Gasteiger partial charge in [-0.2, -0.15) is 0 Å². The van der Waals surface area contributed by atoms with Crippen LogP contribution in [0.15, 0.2) is 0 Å². The highest BCUT2D eigenvalue weighted by molar-refractivity contribution is 6.08. The maximum Gasteiger partial charge on any atom is 0.323 e. The lowest BCUT2D eigenvalue weighted by Crippen LogP contribution is -2.51. The highest BCUT2D eigenvalue weighted by atomic mass is 16.4. The zero-order valence-electron chi connectivity index (χ0n) is 12.5. The van der Waals surface area contributed by atoms with E-state index in [-0.39, 0.29) is 5.92 Å². The van der Waals surface area contributed by atoms with Gasteiger partial charge in [0.25, 0.3) is 0 Å². The van der Waals surface area contributed by atoms with Crippen molar-refractivity contribution in [2.75, 3.05) is 19.6 Å². The van der Waals surface area contributed by atoms with Gasteiger partial charge in [0.05, 0.1) is 13.8 Å². The number of hydrogen-bond acceptors (Lipinski definition) is 4. The largest absolute Gasteiger partial charge is 0.481 e. The molecule has 0 aromatic heterocycles. The first-order valence-corrected chi connectivity index (χ1v) is 7.56. The molecule has 1 unspecified atom stereocenters. The van der Waals surface area contributed by atoms with Gasteiger partial charge in [0.2, 0.25) is 0 Å². The summed E-state index contributed by atoms with van der Waals surface area (Å²) >= 11 is 0. The standard InChI is InChI=1S/C14H25BN2O4/c15-7-2-1-5-14(16,13(20)21)6-9-17-8-3-4-11(10-17)12(18)19/h11H,1-10,16H2,(H,18,19)(H,20,21)/t11-,14?/m1/s1. The Morgan fingerprint density at radius 3 is 2.57 bits per heavy atom. The number of carboxylic acid groups (broad SMARTS) is 2. The second-order valence-corrected chi connectivity index (χ2v) is 5.94. The molecule has 0 aromatic rings. The molecule has 1 fully saturated rings. The van der Waals surface area contributed by atoms with Crippen molar-refractivity contribution in [1.29, 1.82) is 0 Å². The number of aliphatic carboxylic acids is 2. The van der Waals surface area contributed by atoms with Gasteiger partial charge in [-0.1, -0.05) is 19.2 Å². The summed E-state index contributed by atoms with van der Waals surface area (Å²) in [7, 11) is 5.42. The minimum absolute atomic E-state index is 0.333. The topological polar surface area (TPSA) is 104 Å². The van der Waals surface area contributed by atoms with Gasteiger partial charge < -0.3 is 20.8 Å². The second kappa shape index (κ2) is 8.39. The minimum atomic E-state index is -1.24. The van der Waals surface area contributed by atoms with Gasteiger partial charge in [-0.25, -0.2) is 0 Å². The molecule has 118 valence electrons. The number of unbranched alkanes of at least 4 members (excludes halogenated alkanes) is 1. The zero-order valence-corrected chi connectivity index (χ0v) is 12.5. The minimum Gasteiger partial charge on any atom is -0.481 e. The summed E-state index contributed by atoms with van der Waals surface area (Å²) in [6.07, 6.45) is 4.23. The molecule has 1 aliphatic rings. The summed E-state index contributed by atoms with van der Waals surface area (Å²) < 4.78 is 0. The van der Waals surface area contributed by atoms with Gasteiger partial charge in [0.15, 0.2) is 0 Å². The maximum absolute atomic E-state index is 11.4. The second-order valence-electron chi connectivity index (χ2n) is 5.94. The Balaban J connectivity index is 2.48. The van der Waals surface area contributed by atoms with Crippen molar-refractivity contribution in [2.45, 2.75) is 50.4 Å². The van der Waals surface area contributed by atoms with Crippen LogP contribution in [-0.4, -0.2) is 60.1 Å². The maximum atomic E-state index is 11.4. The summed E-state index contributed by atoms with van der Waals surface area (Å²) in [5, 5.41) is 18.4. The Labute approximate surface area is 127 Å². The van der Waals surface area contributed by atoms with Crippen LogP contribution in [0.25, 0.3) is 0 Å². The van der Waals surface area contributed by atoms with Crippen LogP contribution in [0.3, 0.4) is 0 Å². The first-order chi connectivity index (χ1) is 9.89. The van der Waals surface area contributed by atoms with E-state index in [1.165, 1.54) is 0 Å². The molecule has 21 heavy (non-hydrogen) atoms. The molecule has 7 heteroatoms. The molecule has 6 nitrogen and oxygen atoms in total. The third-order valence-electron chi connectivity index (χ3n) is 4.23. The average Bonchev–Trinajstić information content (AvgIpc) is 2.45. The summed E-state index contributed by atoms with van der Waals surface area (Å²) in [4.78, 5) is 24.4. The molecule has 0 spiro atoms. The molecular weight excluding hydrogens is 271 g/mol. The Morgan fingerprint density at radius 1 is 1.29 bits per heavy atom. The zero-order chi connectivity index (χ0) is 15.9. The molecule has 1 heterocycles. The van der Waals surface area contributed by atoms with Crippen molar-refractivity contribution < 1.29 is 19.8 Å². The molecular formula is C14H25BN2O4. The summed E-state index contributed by atoms with van der Waals surface area (Å²) in [6, 6.07) is 0. The van der Waals surface area contributed by atoms with Crippen molar-refractivity contribution in [3.8, 4) is 0 Å². The van der Waals surface area contributed by atoms with Crippen molar-refractivity contribution in [3.05, 3.63) is 0 Å². The highest BCUT2D eigenvalue weighted by Crippen LogP contribution is 2.21. The van der Waals surface area contributed by atoms with Crippen LogP contribution in [-0.2, 0) is 9.59 Å². The van der Waals surface area contributed by atoms with Gasteiger partial charge in [0, 0.05) is 13.1 Å². The number of rotatable bonds is 9. The number of nitrogens with two attached hydrogens (primary N) is 1. The van der Waals surface area contributed by atoms with E-state index in [1.807, 2.05) is 4.90 Å². The summed E-state index contributed by atoms with van der Waals surface area (Å²) in [5.41, 5.74) is 4.77. The number of hydrogen-bond donors (Lipinski definition) is 3. The fraction of sp³-hybridized carbons (Fsp3) is 0.857. The predicted molar refractivity (Wildman–Crippen MR) is 80.4 cm³/mol. The molecule has 2 atom stereocenters. The van der Waals surface area contributed by atoms with Gasteiger partial charge in [-0.15, -0.1) is 0 Å². The Kier molecular flexibility index (Phi) is 7.18. The van der Waals surface area contributed by atoms with Crippen molar-refractivity contribution in [2.24, 2.45) is 11.7 Å². The van der Waals surface area contributed by atoms with E-state index < -0.39 is 17.5 Å². The van der Waals surface area contributed by atoms with E-state index in [1.54, 1.807) is 0 Å². The van der Waals surface area contributed by atoms with Gasteiger partial charge in [0.1, 0.15) is 5.54 Å². The normalized spacial score (nSPS) is 22.6. The van der Waals surface area contributed by atoms with E-state index in [0.717, 1.165) is 19.4 Å². The SMILES string of the molecule is [B]CCCCC(N)(CCN1CCC[C@@H](C(=O)O)C1)C(=O)O. The van der Waals surface area contributed by atoms with Crippen LogP contribution in [0.1, 0.15) is 38.5 Å². The van der Waals surface area contributed by atoms with Gasteiger partial charge >= 0.3 is 11.9 Å². The predicted octanol–water partition coefficient (Wildman–Crippen LogP) is 0.712. The Bertz CT molecular complexity index is 367. The van der Waals surface area contributed by atoms with Gasteiger partial charge in [-0.05, 0) is 32.2 Å². The number of carbonyl (C=O) groups is 2. The lowest BCUT2D eigenvalue weighted by Gasteiger charge is -2.33. The third-order valence-corrected chi connectivity index (χ3v) is 4.23. The molecule has 1 saturated heterocycles. The molecule has 0 amide bonds. The van der Waals surface area contributed by atoms with E-state index in [0.29, 0.717) is 45.1 Å². The van der Waals surface area contributed by atoms with Gasteiger partial charge in [-0.3, -0.25) is 9.59 Å². The van der Waals surface area contributed by atoms with Crippen LogP contribution in [0, 0.1) is 5.92 Å². The van der Waals surface area contributed by atoms with Crippen molar-refractivity contribution in [1.82, 2.24) is 4.90 Å². The fourth-order valence-electron chi connectivity index (χ4n) is 2.74. The summed E-state index contributed by atoms with van der Waals surface area (Å²) in [5.74, 6) is -2.13. The smallest absolute Gasteiger partial charge is 0.323 e. The van der Waals surface area contributed by atoms with Crippen LogP contribution in [0.4, 0.5) is 0 Å². The molecule has 4 N–H and O–H groups in total. The number of nitrogens with zero attached hydrogens (tertiary/aromatic N) is 1. The molecule has 1 aliphatic heterocycles. The number of piperidine rings is 1. The summed E-state index contributed by atoms with van der Waals surface area (Å²) in [6.45, 7) is 1.81. The van der Waals surface area contributed by atoms with Crippen LogP contribution in [0.5, 0.6) is 0 Å². The molecule has 0 saturated carbocycles.